The summed E-state index contributed by atoms with van der Waals surface area (Å²) in [6, 6.07) is 19.7. The van der Waals surface area contributed by atoms with Crippen molar-refractivity contribution in [2.75, 3.05) is 11.6 Å². The number of anilines is 1. The van der Waals surface area contributed by atoms with E-state index in [-0.39, 0.29) is 11.3 Å². The van der Waals surface area contributed by atoms with Gasteiger partial charge in [0.15, 0.2) is 11.5 Å². The van der Waals surface area contributed by atoms with E-state index in [1.54, 1.807) is 48.5 Å². The first-order chi connectivity index (χ1) is 16.0. The number of hydrogen-bond acceptors (Lipinski definition) is 5. The van der Waals surface area contributed by atoms with Crippen LogP contribution in [0.2, 0.25) is 5.02 Å². The van der Waals surface area contributed by atoms with E-state index in [1.807, 2.05) is 25.1 Å². The molecule has 1 heterocycles. The second-order valence-corrected chi connectivity index (χ2v) is 8.66. The van der Waals surface area contributed by atoms with Crippen molar-refractivity contribution in [3.05, 3.63) is 88.5 Å². The predicted molar refractivity (Wildman–Crippen MR) is 130 cm³/mol. The van der Waals surface area contributed by atoms with Crippen molar-refractivity contribution in [2.45, 2.75) is 17.6 Å². The number of carbonyl (C=O) groups is 2. The van der Waals surface area contributed by atoms with Crippen LogP contribution < -0.4 is 15.2 Å². The van der Waals surface area contributed by atoms with Crippen molar-refractivity contribution in [2.24, 2.45) is 0 Å². The van der Waals surface area contributed by atoms with Gasteiger partial charge in [-0.05, 0) is 67.1 Å². The number of benzene rings is 3. The van der Waals surface area contributed by atoms with Crippen LogP contribution in [0.25, 0.3) is 6.08 Å². The summed E-state index contributed by atoms with van der Waals surface area (Å²) < 4.78 is 5.59. The average Bonchev–Trinajstić information content (AvgIpc) is 3.10. The Kier molecular flexibility index (Phi) is 6.91. The summed E-state index contributed by atoms with van der Waals surface area (Å²) in [6.07, 6.45) is 1.51. The Bertz CT molecular complexity index is 1210. The fourth-order valence-corrected chi connectivity index (χ4v) is 4.32. The molecule has 0 saturated carbocycles. The number of carbonyl (C=O) groups excluding carboxylic acids is 2. The third kappa shape index (κ3) is 5.16. The number of nitrogens with one attached hydrogen (secondary N) is 1. The second-order valence-electron chi connectivity index (χ2n) is 7.18. The molecule has 33 heavy (non-hydrogen) atoms. The molecule has 3 aromatic carbocycles. The maximum atomic E-state index is 12.9. The molecular weight excluding hydrogens is 460 g/mol. The molecule has 0 aromatic heterocycles. The molecule has 2 amide bonds. The Hall–Kier alpha value is -3.42. The van der Waals surface area contributed by atoms with Crippen LogP contribution in [-0.2, 0) is 15.3 Å². The first-order valence-electron chi connectivity index (χ1n) is 10.3. The zero-order valence-electron chi connectivity index (χ0n) is 17.7. The highest BCUT2D eigenvalue weighted by Crippen LogP contribution is 2.37. The van der Waals surface area contributed by atoms with E-state index in [4.69, 9.17) is 16.3 Å². The molecule has 0 radical (unpaired) electrons. The molecule has 1 fully saturated rings. The average molecular weight is 481 g/mol. The molecule has 0 atom stereocenters. The monoisotopic (exact) mass is 480 g/mol. The summed E-state index contributed by atoms with van der Waals surface area (Å²) in [5.41, 5.74) is 4.36. The summed E-state index contributed by atoms with van der Waals surface area (Å²) in [7, 11) is 0. The number of phenolic OH excluding ortho intramolecular Hbond substituents is 1. The van der Waals surface area contributed by atoms with E-state index in [2.05, 4.69) is 5.43 Å². The number of phenols is 1. The van der Waals surface area contributed by atoms with Crippen molar-refractivity contribution in [1.82, 2.24) is 5.43 Å². The highest BCUT2D eigenvalue weighted by atomic mass is 35.5. The summed E-state index contributed by atoms with van der Waals surface area (Å²) >= 11 is 7.47. The minimum Gasteiger partial charge on any atom is -0.504 e. The van der Waals surface area contributed by atoms with Crippen LogP contribution in [0.15, 0.2) is 77.2 Å². The zero-order valence-corrected chi connectivity index (χ0v) is 19.3. The van der Waals surface area contributed by atoms with Crippen molar-refractivity contribution in [1.29, 1.82) is 0 Å². The van der Waals surface area contributed by atoms with Crippen LogP contribution in [0, 0.1) is 0 Å². The molecule has 6 nitrogen and oxygen atoms in total. The normalized spacial score (nSPS) is 14.6. The number of aromatic hydroxyl groups is 1. The topological polar surface area (TPSA) is 78.9 Å². The van der Waals surface area contributed by atoms with Crippen molar-refractivity contribution >= 4 is 46.9 Å². The van der Waals surface area contributed by atoms with Gasteiger partial charge >= 0.3 is 0 Å². The van der Waals surface area contributed by atoms with Crippen molar-refractivity contribution in [3.8, 4) is 11.5 Å². The fraction of sp³-hybridized carbons (Fsp3) is 0.120. The maximum absolute atomic E-state index is 12.9. The van der Waals surface area contributed by atoms with Gasteiger partial charge in [0.05, 0.1) is 12.3 Å². The van der Waals surface area contributed by atoms with Gasteiger partial charge < -0.3 is 9.84 Å². The molecule has 1 aliphatic heterocycles. The Morgan fingerprint density at radius 1 is 1.09 bits per heavy atom. The first-order valence-corrected chi connectivity index (χ1v) is 11.6. The molecule has 4 rings (SSSR count). The third-order valence-corrected chi connectivity index (χ3v) is 6.21. The van der Waals surface area contributed by atoms with Crippen LogP contribution in [0.3, 0.4) is 0 Å². The number of hydrogen-bond donors (Lipinski definition) is 2. The molecule has 0 aliphatic carbocycles. The van der Waals surface area contributed by atoms with E-state index in [1.165, 1.54) is 22.8 Å². The minimum absolute atomic E-state index is 0.00305. The van der Waals surface area contributed by atoms with E-state index < -0.39 is 11.8 Å². The second kappa shape index (κ2) is 10.0. The molecule has 8 heteroatoms. The Labute approximate surface area is 200 Å². The van der Waals surface area contributed by atoms with E-state index in [0.717, 1.165) is 4.90 Å². The number of nitrogens with zero attached hydrogens (tertiary/aromatic N) is 1. The number of ether oxygens (including phenoxy) is 1. The van der Waals surface area contributed by atoms with Gasteiger partial charge in [0.25, 0.3) is 11.8 Å². The van der Waals surface area contributed by atoms with Crippen LogP contribution in [0.4, 0.5) is 5.69 Å². The summed E-state index contributed by atoms with van der Waals surface area (Å²) in [6.45, 7) is 2.18. The SMILES string of the molecule is CCOc1cc(/C=C2/C(=O)NN(c3ccccc3)C2=O)cc(CSc2ccc(Cl)cc2)c1O. The lowest BCUT2D eigenvalue weighted by Gasteiger charge is -2.14. The third-order valence-electron chi connectivity index (χ3n) is 4.90. The zero-order chi connectivity index (χ0) is 23.4. The van der Waals surface area contributed by atoms with Crippen LogP contribution in [0.1, 0.15) is 18.1 Å². The predicted octanol–water partition coefficient (Wildman–Crippen LogP) is 5.20. The lowest BCUT2D eigenvalue weighted by molar-refractivity contribution is -0.117. The summed E-state index contributed by atoms with van der Waals surface area (Å²) in [5.74, 6) is -0.153. The summed E-state index contributed by atoms with van der Waals surface area (Å²) in [4.78, 5) is 26.4. The molecule has 0 unspecified atom stereocenters. The number of hydrazine groups is 1. The van der Waals surface area contributed by atoms with Crippen molar-refractivity contribution in [3.63, 3.8) is 0 Å². The highest BCUT2D eigenvalue weighted by Gasteiger charge is 2.34. The van der Waals surface area contributed by atoms with Crippen molar-refractivity contribution < 1.29 is 19.4 Å². The lowest BCUT2D eigenvalue weighted by Crippen LogP contribution is -2.35. The number of para-hydroxylation sites is 1. The lowest BCUT2D eigenvalue weighted by atomic mass is 10.1. The van der Waals surface area contributed by atoms with Gasteiger partial charge in [0.2, 0.25) is 0 Å². The van der Waals surface area contributed by atoms with Gasteiger partial charge in [-0.25, -0.2) is 5.01 Å². The molecule has 0 bridgehead atoms. The molecule has 168 valence electrons. The van der Waals surface area contributed by atoms with E-state index >= 15 is 0 Å². The standard InChI is InChI=1S/C25H21ClN2O4S/c1-2-32-22-14-16(12-17(23(22)29)15-33-20-10-8-18(26)9-11-20)13-21-24(30)27-28(25(21)31)19-6-4-3-5-7-19/h3-14,29H,2,15H2,1H3,(H,27,30)/b21-13-. The Balaban J connectivity index is 1.64. The molecular formula is C25H21ClN2O4S. The van der Waals surface area contributed by atoms with E-state index in [9.17, 15) is 14.7 Å². The molecule has 2 N–H and O–H groups in total. The fourth-order valence-electron chi connectivity index (χ4n) is 3.32. The Morgan fingerprint density at radius 3 is 2.52 bits per heavy atom. The van der Waals surface area contributed by atoms with Gasteiger partial charge in [0, 0.05) is 21.2 Å². The highest BCUT2D eigenvalue weighted by molar-refractivity contribution is 7.98. The molecule has 1 aliphatic rings. The van der Waals surface area contributed by atoms with Gasteiger partial charge in [-0.2, -0.15) is 0 Å². The van der Waals surface area contributed by atoms with Crippen LogP contribution in [0.5, 0.6) is 11.5 Å². The van der Waals surface area contributed by atoms with Gasteiger partial charge in [-0.1, -0.05) is 29.8 Å². The van der Waals surface area contributed by atoms with E-state index in [0.29, 0.717) is 39.9 Å². The smallest absolute Gasteiger partial charge is 0.282 e. The number of rotatable bonds is 7. The largest absolute Gasteiger partial charge is 0.504 e. The molecule has 1 saturated heterocycles. The quantitative estimate of drug-likeness (QED) is 0.276. The number of amides is 2. The molecule has 3 aromatic rings. The minimum atomic E-state index is -0.494. The summed E-state index contributed by atoms with van der Waals surface area (Å²) in [5, 5.41) is 12.6. The van der Waals surface area contributed by atoms with Gasteiger partial charge in [-0.3, -0.25) is 15.0 Å². The first kappa shape index (κ1) is 22.8. The van der Waals surface area contributed by atoms with Gasteiger partial charge in [0.1, 0.15) is 5.57 Å². The maximum Gasteiger partial charge on any atom is 0.282 e. The molecule has 0 spiro atoms. The van der Waals surface area contributed by atoms with Crippen LogP contribution >= 0.6 is 23.4 Å². The van der Waals surface area contributed by atoms with Gasteiger partial charge in [-0.15, -0.1) is 11.8 Å². The number of thioether (sulfide) groups is 1. The Morgan fingerprint density at radius 2 is 1.82 bits per heavy atom. The van der Waals surface area contributed by atoms with Crippen LogP contribution in [-0.4, -0.2) is 23.5 Å². The number of halogens is 1.